The van der Waals surface area contributed by atoms with Crippen LogP contribution in [0.25, 0.3) is 5.69 Å². The van der Waals surface area contributed by atoms with Gasteiger partial charge in [0.05, 0.1) is 22.4 Å². The first-order valence-corrected chi connectivity index (χ1v) is 14.1. The van der Waals surface area contributed by atoms with Gasteiger partial charge < -0.3 is 19.7 Å². The third-order valence-corrected chi connectivity index (χ3v) is 8.51. The molecule has 0 radical (unpaired) electrons. The summed E-state index contributed by atoms with van der Waals surface area (Å²) < 4.78 is 2.27. The average molecular weight is 542 g/mol. The smallest absolute Gasteiger partial charge is 0.174 e. The summed E-state index contributed by atoms with van der Waals surface area (Å²) in [7, 11) is 0. The number of hydrogen-bond donors (Lipinski definition) is 1. The van der Waals surface area contributed by atoms with Crippen LogP contribution in [0.5, 0.6) is 0 Å². The monoisotopic (exact) mass is 541 g/mol. The number of pyridine rings is 1. The molecule has 0 amide bonds. The molecule has 0 unspecified atom stereocenters. The lowest BCUT2D eigenvalue weighted by Crippen LogP contribution is -2.33. The Bertz CT molecular complexity index is 1440. The van der Waals surface area contributed by atoms with Crippen molar-refractivity contribution in [2.45, 2.75) is 38.8 Å². The second-order valence-corrected chi connectivity index (χ2v) is 11.2. The van der Waals surface area contributed by atoms with E-state index in [1.165, 1.54) is 18.4 Å². The molecule has 2 saturated heterocycles. The van der Waals surface area contributed by atoms with Gasteiger partial charge in [0.1, 0.15) is 6.04 Å². The zero-order valence-electron chi connectivity index (χ0n) is 21.7. The van der Waals surface area contributed by atoms with Crippen molar-refractivity contribution in [2.75, 3.05) is 22.9 Å². The Morgan fingerprint density at radius 1 is 0.947 bits per heavy atom. The van der Waals surface area contributed by atoms with Gasteiger partial charge in [-0.05, 0) is 92.0 Å². The summed E-state index contributed by atoms with van der Waals surface area (Å²) in [6.07, 6.45) is 6.36. The number of nitrogens with one attached hydrogen (secondary N) is 1. The van der Waals surface area contributed by atoms with E-state index in [1.54, 1.807) is 0 Å². The molecule has 4 heterocycles. The van der Waals surface area contributed by atoms with Crippen LogP contribution in [0.4, 0.5) is 11.4 Å². The lowest BCUT2D eigenvalue weighted by molar-refractivity contribution is 0.438. The number of aryl methyl sites for hydroxylation is 1. The molecule has 2 atom stereocenters. The zero-order chi connectivity index (χ0) is 26.2. The summed E-state index contributed by atoms with van der Waals surface area (Å²) in [4.78, 5) is 9.32. The Morgan fingerprint density at radius 2 is 1.74 bits per heavy atom. The molecule has 2 aromatic heterocycles. The molecule has 2 aliphatic heterocycles. The lowest BCUT2D eigenvalue weighted by atomic mass is 9.98. The van der Waals surface area contributed by atoms with Gasteiger partial charge in [-0.3, -0.25) is 4.98 Å². The van der Waals surface area contributed by atoms with Crippen LogP contribution in [0.2, 0.25) is 5.02 Å². The predicted molar refractivity (Wildman–Crippen MR) is 161 cm³/mol. The molecule has 0 bridgehead atoms. The van der Waals surface area contributed by atoms with Crippen LogP contribution in [-0.4, -0.2) is 27.8 Å². The second-order valence-electron chi connectivity index (χ2n) is 10.4. The summed E-state index contributed by atoms with van der Waals surface area (Å²) in [6, 6.07) is 24.9. The maximum Gasteiger partial charge on any atom is 0.174 e. The summed E-state index contributed by atoms with van der Waals surface area (Å²) in [5.41, 5.74) is 6.52. The zero-order valence-corrected chi connectivity index (χ0v) is 23.3. The molecule has 2 aromatic carbocycles. The molecule has 38 heavy (non-hydrogen) atoms. The van der Waals surface area contributed by atoms with Gasteiger partial charge in [-0.1, -0.05) is 42.8 Å². The van der Waals surface area contributed by atoms with Gasteiger partial charge in [-0.15, -0.1) is 0 Å². The number of nitrogens with zero attached hydrogens (tertiary/aromatic N) is 4. The van der Waals surface area contributed by atoms with Gasteiger partial charge in [-0.2, -0.15) is 0 Å². The number of benzene rings is 2. The van der Waals surface area contributed by atoms with Crippen LogP contribution < -0.4 is 15.1 Å². The first-order chi connectivity index (χ1) is 18.5. The Balaban J connectivity index is 1.43. The van der Waals surface area contributed by atoms with Crippen molar-refractivity contribution in [3.8, 4) is 5.69 Å². The van der Waals surface area contributed by atoms with Crippen LogP contribution in [0.15, 0.2) is 85.2 Å². The molecule has 5 nitrogen and oxygen atoms in total. The molecule has 0 aliphatic carbocycles. The largest absolute Gasteiger partial charge is 0.370 e. The van der Waals surface area contributed by atoms with Gasteiger partial charge in [0, 0.05) is 42.6 Å². The molecule has 0 saturated carbocycles. The van der Waals surface area contributed by atoms with Crippen molar-refractivity contribution >= 4 is 40.3 Å². The van der Waals surface area contributed by atoms with Crippen molar-refractivity contribution in [1.82, 2.24) is 14.9 Å². The first-order valence-electron chi connectivity index (χ1n) is 13.3. The molecule has 2 aliphatic rings. The van der Waals surface area contributed by atoms with Gasteiger partial charge >= 0.3 is 0 Å². The summed E-state index contributed by atoms with van der Waals surface area (Å²) in [5.74, 6) is 0.770. The highest BCUT2D eigenvalue weighted by atomic mass is 35.5. The van der Waals surface area contributed by atoms with E-state index in [4.69, 9.17) is 28.8 Å². The van der Waals surface area contributed by atoms with Gasteiger partial charge in [0.15, 0.2) is 5.11 Å². The van der Waals surface area contributed by atoms with E-state index in [0.717, 1.165) is 52.5 Å². The van der Waals surface area contributed by atoms with E-state index in [9.17, 15) is 0 Å². The molecule has 1 N–H and O–H groups in total. The highest BCUT2D eigenvalue weighted by molar-refractivity contribution is 7.80. The minimum atomic E-state index is -0.122. The van der Waals surface area contributed by atoms with Crippen molar-refractivity contribution < 1.29 is 0 Å². The Hall–Kier alpha value is -3.35. The fourth-order valence-electron chi connectivity index (χ4n) is 5.77. The van der Waals surface area contributed by atoms with Crippen molar-refractivity contribution in [3.63, 3.8) is 0 Å². The van der Waals surface area contributed by atoms with E-state index in [2.05, 4.69) is 100 Å². The third kappa shape index (κ3) is 4.56. The molecular formula is C31H32ClN5S. The highest BCUT2D eigenvalue weighted by Crippen LogP contribution is 2.44. The first kappa shape index (κ1) is 25.0. The number of para-hydroxylation sites is 1. The Labute approximate surface area is 235 Å². The fourth-order valence-corrected chi connectivity index (χ4v) is 6.41. The molecule has 0 spiro atoms. The van der Waals surface area contributed by atoms with E-state index in [1.807, 2.05) is 18.3 Å². The molecular weight excluding hydrogens is 510 g/mol. The summed E-state index contributed by atoms with van der Waals surface area (Å²) in [6.45, 7) is 6.55. The standard InChI is InChI=1S/C31H32ClN5S/c1-21-14-18-35(19-15-21)27-13-12-23(20-24(27)32)37-30(29(34-31(37)38)25-9-5-6-16-33-25)28-11-7-17-36(28)26-10-4-3-8-22(26)2/h3-13,16-17,20-21,29-30H,14-15,18-19H2,1-2H3,(H,34,38)/t29-,30-/m0/s1. The minimum absolute atomic E-state index is 0.121. The molecule has 4 aromatic rings. The Kier molecular flexibility index (Phi) is 6.85. The fraction of sp³-hybridized carbons (Fsp3) is 0.290. The topological polar surface area (TPSA) is 36.3 Å². The normalized spacial score (nSPS) is 20.1. The van der Waals surface area contributed by atoms with Gasteiger partial charge in [0.2, 0.25) is 0 Å². The highest BCUT2D eigenvalue weighted by Gasteiger charge is 2.42. The Morgan fingerprint density at radius 3 is 2.47 bits per heavy atom. The molecule has 6 rings (SSSR count). The predicted octanol–water partition coefficient (Wildman–Crippen LogP) is 7.25. The van der Waals surface area contributed by atoms with Crippen LogP contribution in [0.3, 0.4) is 0 Å². The number of halogens is 1. The van der Waals surface area contributed by atoms with E-state index in [0.29, 0.717) is 5.11 Å². The molecule has 7 heteroatoms. The number of piperidine rings is 1. The van der Waals surface area contributed by atoms with Crippen molar-refractivity contribution in [1.29, 1.82) is 0 Å². The summed E-state index contributed by atoms with van der Waals surface area (Å²) in [5, 5.41) is 5.00. The lowest BCUT2D eigenvalue weighted by Gasteiger charge is -2.33. The van der Waals surface area contributed by atoms with Crippen LogP contribution in [-0.2, 0) is 0 Å². The molecule has 2 fully saturated rings. The maximum absolute atomic E-state index is 6.95. The number of anilines is 2. The average Bonchev–Trinajstić information content (AvgIpc) is 3.54. The maximum atomic E-state index is 6.95. The SMILES string of the molecule is Cc1ccccc1-n1cccc1[C@H]1[C@H](c2ccccn2)NC(=S)N1c1ccc(N2CCC(C)CC2)c(Cl)c1. The van der Waals surface area contributed by atoms with Gasteiger partial charge in [-0.25, -0.2) is 0 Å². The number of thiocarbonyl (C=S) groups is 1. The van der Waals surface area contributed by atoms with Crippen molar-refractivity contribution in [3.05, 3.63) is 107 Å². The number of rotatable bonds is 5. The number of hydrogen-bond acceptors (Lipinski definition) is 3. The second kappa shape index (κ2) is 10.4. The van der Waals surface area contributed by atoms with E-state index >= 15 is 0 Å². The quantitative estimate of drug-likeness (QED) is 0.269. The van der Waals surface area contributed by atoms with Crippen LogP contribution in [0, 0.1) is 12.8 Å². The van der Waals surface area contributed by atoms with Crippen molar-refractivity contribution in [2.24, 2.45) is 5.92 Å². The third-order valence-electron chi connectivity index (χ3n) is 7.89. The number of aromatic nitrogens is 2. The van der Waals surface area contributed by atoms with E-state index in [-0.39, 0.29) is 12.1 Å². The molecule has 194 valence electrons. The van der Waals surface area contributed by atoms with Crippen LogP contribution in [0.1, 0.15) is 48.8 Å². The van der Waals surface area contributed by atoms with Gasteiger partial charge in [0.25, 0.3) is 0 Å². The van der Waals surface area contributed by atoms with E-state index < -0.39 is 0 Å². The summed E-state index contributed by atoms with van der Waals surface area (Å²) >= 11 is 12.9. The van der Waals surface area contributed by atoms with Crippen LogP contribution >= 0.6 is 23.8 Å². The minimum Gasteiger partial charge on any atom is -0.370 e.